The van der Waals surface area contributed by atoms with Gasteiger partial charge in [0.05, 0.1) is 52.1 Å². The summed E-state index contributed by atoms with van der Waals surface area (Å²) in [5.74, 6) is -0.659. The molecule has 3 amide bonds. The molecule has 0 saturated carbocycles. The second-order valence-corrected chi connectivity index (χ2v) is 15.2. The average molecular weight is 782 g/mol. The third-order valence-electron chi connectivity index (χ3n) is 10.3. The van der Waals surface area contributed by atoms with E-state index in [1.165, 1.54) is 17.1 Å². The van der Waals surface area contributed by atoms with Crippen molar-refractivity contribution in [2.45, 2.75) is 50.7 Å². The zero-order valence-electron chi connectivity index (χ0n) is 31.7. The van der Waals surface area contributed by atoms with E-state index in [0.717, 1.165) is 18.5 Å². The number of benzene rings is 3. The highest BCUT2D eigenvalue weighted by molar-refractivity contribution is 6.38. The molecule has 3 heterocycles. The van der Waals surface area contributed by atoms with Crippen LogP contribution in [-0.4, -0.2) is 99.6 Å². The Hall–Kier alpha value is -5.37. The molecule has 0 spiro atoms. The minimum Gasteiger partial charge on any atom is -0.493 e. The fourth-order valence-electron chi connectivity index (χ4n) is 7.12. The number of nitrogens with zero attached hydrogens (tertiary/aromatic N) is 5. The number of aliphatic hydroxyl groups is 1. The number of ether oxygens (including phenoxy) is 1. The molecule has 3 aromatic carbocycles. The number of nitrogens with two attached hydrogens (primary N) is 1. The normalized spacial score (nSPS) is 14.6. The van der Waals surface area contributed by atoms with Gasteiger partial charge in [0, 0.05) is 55.3 Å². The van der Waals surface area contributed by atoms with Gasteiger partial charge in [-0.2, -0.15) is 0 Å². The lowest BCUT2D eigenvalue weighted by Gasteiger charge is -2.39. The number of pyridine rings is 1. The Bertz CT molecular complexity index is 2260. The molecule has 5 aromatic rings. The van der Waals surface area contributed by atoms with Crippen LogP contribution in [0.5, 0.6) is 5.75 Å². The van der Waals surface area contributed by atoms with Crippen LogP contribution in [0.3, 0.4) is 0 Å². The van der Waals surface area contributed by atoms with Gasteiger partial charge in [0.25, 0.3) is 17.4 Å². The molecule has 294 valence electrons. The molecule has 4 N–H and O–H groups in total. The summed E-state index contributed by atoms with van der Waals surface area (Å²) in [4.78, 5) is 64.7. The number of rotatable bonds is 16. The summed E-state index contributed by atoms with van der Waals surface area (Å²) in [6, 6.07) is 19.9. The van der Waals surface area contributed by atoms with Gasteiger partial charge in [0.15, 0.2) is 0 Å². The fourth-order valence-corrected chi connectivity index (χ4v) is 7.43. The molecule has 1 aliphatic heterocycles. The number of halogens is 1. The summed E-state index contributed by atoms with van der Waals surface area (Å²) in [7, 11) is 4.03. The molecule has 56 heavy (non-hydrogen) atoms. The number of likely N-dealkylation sites (tertiary alicyclic amines) is 1. The number of carbonyl (C=O) groups is 3. The van der Waals surface area contributed by atoms with Gasteiger partial charge >= 0.3 is 0 Å². The second kappa shape index (κ2) is 18.1. The van der Waals surface area contributed by atoms with Crippen molar-refractivity contribution in [3.63, 3.8) is 0 Å². The molecule has 1 aliphatic rings. The number of nitrogens with one attached hydrogen (secondary N) is 1. The van der Waals surface area contributed by atoms with Crippen molar-refractivity contribution in [2.24, 2.45) is 11.7 Å². The number of hydrogen-bond donors (Lipinski definition) is 3. The number of primary amides is 1. The van der Waals surface area contributed by atoms with E-state index in [1.54, 1.807) is 41.3 Å². The Balaban J connectivity index is 1.04. The summed E-state index contributed by atoms with van der Waals surface area (Å²) in [6.45, 7) is 2.59. The van der Waals surface area contributed by atoms with Crippen LogP contribution in [0.2, 0.25) is 5.02 Å². The third kappa shape index (κ3) is 9.89. The van der Waals surface area contributed by atoms with Gasteiger partial charge in [-0.25, -0.2) is 4.98 Å². The molecule has 1 atom stereocenters. The number of carbonyl (C=O) groups excluding carboxylic acids is 3. The van der Waals surface area contributed by atoms with Crippen molar-refractivity contribution in [1.29, 1.82) is 0 Å². The van der Waals surface area contributed by atoms with Crippen molar-refractivity contribution < 1.29 is 24.2 Å². The van der Waals surface area contributed by atoms with Crippen LogP contribution in [0.15, 0.2) is 84.0 Å². The zero-order valence-corrected chi connectivity index (χ0v) is 32.5. The van der Waals surface area contributed by atoms with Crippen LogP contribution in [0.25, 0.3) is 21.8 Å². The van der Waals surface area contributed by atoms with Gasteiger partial charge in [-0.15, -0.1) is 0 Å². The highest BCUT2D eigenvalue weighted by atomic mass is 35.5. The summed E-state index contributed by atoms with van der Waals surface area (Å²) in [6.07, 6.45) is 5.92. The molecule has 13 nitrogen and oxygen atoms in total. The second-order valence-electron chi connectivity index (χ2n) is 14.8. The van der Waals surface area contributed by atoms with Crippen LogP contribution >= 0.6 is 11.6 Å². The molecule has 2 aromatic heterocycles. The number of amides is 3. The minimum absolute atomic E-state index is 0.000631. The van der Waals surface area contributed by atoms with Crippen molar-refractivity contribution in [3.8, 4) is 5.75 Å². The monoisotopic (exact) mass is 781 g/mol. The quantitative estimate of drug-likeness (QED) is 0.122. The van der Waals surface area contributed by atoms with Crippen molar-refractivity contribution in [2.75, 3.05) is 46.9 Å². The molecular weight excluding hydrogens is 734 g/mol. The maximum Gasteiger partial charge on any atom is 0.261 e. The third-order valence-corrected chi connectivity index (χ3v) is 10.7. The van der Waals surface area contributed by atoms with Gasteiger partial charge in [-0.05, 0) is 82.4 Å². The molecule has 6 rings (SSSR count). The molecule has 0 radical (unpaired) electrons. The number of aromatic nitrogens is 3. The van der Waals surface area contributed by atoms with E-state index < -0.39 is 11.5 Å². The summed E-state index contributed by atoms with van der Waals surface area (Å²) in [5.41, 5.74) is 6.48. The standard InChI is InChI=1S/C42H48ClN7O6/c1-48(2)18-7-21-56-31-12-14-33-36(24-31)47-27-50(41(33)54)26-42(55)15-19-49(20-16-42)40(53)30(22-28-8-4-3-5-9-28)10-6-17-45-39(52)29-11-13-32-35(23-29)46-25-34(37(32)43)38(44)51/h3-5,8-9,11-14,23-25,27,30,55H,6-7,10,15-22,26H2,1-2H3,(H2,44,51)(H,45,52)/t30-/m0/s1. The fraction of sp³-hybridized carbons (Fsp3) is 0.381. The number of hydrogen-bond acceptors (Lipinski definition) is 9. The van der Waals surface area contributed by atoms with Gasteiger partial charge in [0.2, 0.25) is 5.91 Å². The van der Waals surface area contributed by atoms with Crippen LogP contribution in [0.1, 0.15) is 58.4 Å². The van der Waals surface area contributed by atoms with Crippen LogP contribution in [-0.2, 0) is 17.8 Å². The Kier molecular flexibility index (Phi) is 13.0. The van der Waals surface area contributed by atoms with Crippen LogP contribution in [0.4, 0.5) is 0 Å². The molecule has 0 aliphatic carbocycles. The van der Waals surface area contributed by atoms with Crippen LogP contribution in [0, 0.1) is 5.92 Å². The Labute approximate surface area is 330 Å². The van der Waals surface area contributed by atoms with E-state index in [-0.39, 0.29) is 40.4 Å². The van der Waals surface area contributed by atoms with E-state index >= 15 is 0 Å². The van der Waals surface area contributed by atoms with Crippen molar-refractivity contribution in [3.05, 3.63) is 111 Å². The Morgan fingerprint density at radius 2 is 1.73 bits per heavy atom. The smallest absolute Gasteiger partial charge is 0.261 e. The molecule has 0 bridgehead atoms. The maximum atomic E-state index is 14.0. The summed E-state index contributed by atoms with van der Waals surface area (Å²) >= 11 is 6.33. The van der Waals surface area contributed by atoms with E-state index in [0.29, 0.717) is 91.5 Å². The summed E-state index contributed by atoms with van der Waals surface area (Å²) in [5, 5.41) is 15.7. The van der Waals surface area contributed by atoms with Crippen molar-refractivity contribution >= 4 is 51.1 Å². The topological polar surface area (TPSA) is 173 Å². The largest absolute Gasteiger partial charge is 0.493 e. The maximum absolute atomic E-state index is 14.0. The molecule has 0 unspecified atom stereocenters. The predicted molar refractivity (Wildman–Crippen MR) is 216 cm³/mol. The first-order chi connectivity index (χ1) is 26.9. The number of piperidine rings is 1. The molecule has 14 heteroatoms. The van der Waals surface area contributed by atoms with E-state index in [2.05, 4.69) is 20.2 Å². The summed E-state index contributed by atoms with van der Waals surface area (Å²) < 4.78 is 7.30. The van der Waals surface area contributed by atoms with Gasteiger partial charge in [-0.3, -0.25) is 28.7 Å². The van der Waals surface area contributed by atoms with Crippen LogP contribution < -0.4 is 21.3 Å². The lowest BCUT2D eigenvalue weighted by molar-refractivity contribution is -0.140. The predicted octanol–water partition coefficient (Wildman–Crippen LogP) is 4.45. The first kappa shape index (κ1) is 40.3. The minimum atomic E-state index is -1.18. The van der Waals surface area contributed by atoms with E-state index in [4.69, 9.17) is 22.1 Å². The molecule has 1 saturated heterocycles. The molecular formula is C42H48ClN7O6. The average Bonchev–Trinajstić information content (AvgIpc) is 3.19. The highest BCUT2D eigenvalue weighted by Gasteiger charge is 2.36. The lowest BCUT2D eigenvalue weighted by atomic mass is 9.88. The van der Waals surface area contributed by atoms with Gasteiger partial charge in [0.1, 0.15) is 5.75 Å². The number of fused-ring (bicyclic) bond motifs is 2. The highest BCUT2D eigenvalue weighted by Crippen LogP contribution is 2.28. The van der Waals surface area contributed by atoms with E-state index in [1.807, 2.05) is 44.4 Å². The lowest BCUT2D eigenvalue weighted by Crippen LogP contribution is -2.51. The Morgan fingerprint density at radius 1 is 1.00 bits per heavy atom. The van der Waals surface area contributed by atoms with Crippen molar-refractivity contribution in [1.82, 2.24) is 29.7 Å². The zero-order chi connectivity index (χ0) is 39.8. The SMILES string of the molecule is CN(C)CCCOc1ccc2c(=O)n(CC3(O)CCN(C(=O)[C@@H](CCCNC(=O)c4ccc5c(Cl)c(C(N)=O)cnc5c4)Cc4ccccc4)CC3)cnc2c1. The van der Waals surface area contributed by atoms with Gasteiger partial charge < -0.3 is 30.7 Å². The van der Waals surface area contributed by atoms with Gasteiger partial charge in [-0.1, -0.05) is 48.0 Å². The first-order valence-corrected chi connectivity index (χ1v) is 19.3. The first-order valence-electron chi connectivity index (χ1n) is 18.9. The van der Waals surface area contributed by atoms with E-state index in [9.17, 15) is 24.3 Å². The molecule has 1 fully saturated rings. The Morgan fingerprint density at radius 3 is 2.46 bits per heavy atom.